The average Bonchev–Trinajstić information content (AvgIpc) is 3.37. The first-order valence-electron chi connectivity index (χ1n) is 8.92. The van der Waals surface area contributed by atoms with E-state index in [0.29, 0.717) is 40.7 Å². The monoisotopic (exact) mass is 367 g/mol. The van der Waals surface area contributed by atoms with Crippen molar-refractivity contribution in [3.8, 4) is 23.0 Å². The van der Waals surface area contributed by atoms with Gasteiger partial charge in [-0.1, -0.05) is 0 Å². The third-order valence-corrected chi connectivity index (χ3v) is 6.17. The molecule has 0 saturated carbocycles. The lowest BCUT2D eigenvalue weighted by Gasteiger charge is -2.44. The van der Waals surface area contributed by atoms with E-state index in [4.69, 9.17) is 18.9 Å². The fraction of sp³-hybridized carbons (Fsp3) is 0.350. The van der Waals surface area contributed by atoms with Crippen molar-refractivity contribution in [2.24, 2.45) is 0 Å². The zero-order chi connectivity index (χ0) is 18.3. The van der Waals surface area contributed by atoms with Crippen LogP contribution in [0.25, 0.3) is 0 Å². The van der Waals surface area contributed by atoms with Gasteiger partial charge in [-0.15, -0.1) is 0 Å². The molecule has 138 valence electrons. The largest absolute Gasteiger partial charge is 0.454 e. The maximum Gasteiger partial charge on any atom is 0.231 e. The van der Waals surface area contributed by atoms with Gasteiger partial charge < -0.3 is 24.1 Å². The molecule has 0 aromatic heterocycles. The number of nitrogens with zero attached hydrogens (tertiary/aromatic N) is 1. The minimum Gasteiger partial charge on any atom is -0.454 e. The molecule has 0 fully saturated rings. The number of Topliss-reactive ketones (excluding diaryl/α,β-unsaturated/α-hetero) is 1. The maximum atomic E-state index is 13.7. The van der Waals surface area contributed by atoms with Crippen molar-refractivity contribution < 1.29 is 28.8 Å². The summed E-state index contributed by atoms with van der Waals surface area (Å²) in [4.78, 5) is 15.6. The predicted octanol–water partition coefficient (Wildman–Crippen LogP) is 1.76. The summed E-state index contributed by atoms with van der Waals surface area (Å²) < 4.78 is 22.1. The normalized spacial score (nSPS) is 27.2. The summed E-state index contributed by atoms with van der Waals surface area (Å²) in [6, 6.07) is 7.23. The molecule has 0 saturated heterocycles. The van der Waals surface area contributed by atoms with Gasteiger partial charge in [-0.2, -0.15) is 0 Å². The molecule has 0 amide bonds. The van der Waals surface area contributed by atoms with Crippen LogP contribution in [0.3, 0.4) is 0 Å². The number of hydrogen-bond acceptors (Lipinski definition) is 7. The van der Waals surface area contributed by atoms with Crippen LogP contribution >= 0.6 is 0 Å². The molecule has 2 atom stereocenters. The standard InChI is InChI=1S/C20H17NO6/c1-21-5-4-10-6-14-15(26-8-25-14)7-12(10)20(21)18(22)11-2-3-13-17(27-9-24-13)16(11)19(20)23/h2-3,6-7,19,23H,4-5,8-9H2,1H3/t19?,20-/m1/s1. The number of likely N-dealkylation sites (N-methyl/N-ethyl adjacent to an activating group) is 1. The Bertz CT molecular complexity index is 1020. The van der Waals surface area contributed by atoms with Crippen LogP contribution in [0.5, 0.6) is 23.0 Å². The zero-order valence-corrected chi connectivity index (χ0v) is 14.7. The second-order valence-corrected chi connectivity index (χ2v) is 7.29. The summed E-state index contributed by atoms with van der Waals surface area (Å²) in [7, 11) is 1.87. The van der Waals surface area contributed by atoms with Crippen molar-refractivity contribution in [2.45, 2.75) is 18.1 Å². The van der Waals surface area contributed by atoms with Crippen LogP contribution in [-0.4, -0.2) is 43.0 Å². The number of rotatable bonds is 0. The van der Waals surface area contributed by atoms with E-state index in [1.54, 1.807) is 12.1 Å². The van der Waals surface area contributed by atoms with E-state index in [1.165, 1.54) is 0 Å². The molecule has 1 N–H and O–H groups in total. The van der Waals surface area contributed by atoms with E-state index in [-0.39, 0.29) is 19.4 Å². The molecular weight excluding hydrogens is 350 g/mol. The Morgan fingerprint density at radius 3 is 2.67 bits per heavy atom. The van der Waals surface area contributed by atoms with E-state index in [1.807, 2.05) is 24.1 Å². The number of benzene rings is 2. The van der Waals surface area contributed by atoms with Crippen LogP contribution in [0.4, 0.5) is 0 Å². The van der Waals surface area contributed by atoms with Crippen LogP contribution in [-0.2, 0) is 12.0 Å². The smallest absolute Gasteiger partial charge is 0.231 e. The Hall–Kier alpha value is -2.77. The third-order valence-electron chi connectivity index (χ3n) is 6.17. The number of fused-ring (bicyclic) bond motifs is 6. The molecule has 2 aromatic rings. The highest BCUT2D eigenvalue weighted by Crippen LogP contribution is 2.57. The van der Waals surface area contributed by atoms with Gasteiger partial charge in [-0.05, 0) is 48.9 Å². The quantitative estimate of drug-likeness (QED) is 0.760. The van der Waals surface area contributed by atoms with Crippen molar-refractivity contribution in [1.29, 1.82) is 0 Å². The summed E-state index contributed by atoms with van der Waals surface area (Å²) in [6.45, 7) is 0.893. The number of ether oxygens (including phenoxy) is 4. The summed E-state index contributed by atoms with van der Waals surface area (Å²) in [5, 5.41) is 11.5. The van der Waals surface area contributed by atoms with Gasteiger partial charge in [0, 0.05) is 17.7 Å². The van der Waals surface area contributed by atoms with Crippen LogP contribution in [0.15, 0.2) is 24.3 Å². The maximum absolute atomic E-state index is 13.7. The van der Waals surface area contributed by atoms with Crippen LogP contribution in [0.2, 0.25) is 0 Å². The second kappa shape index (κ2) is 4.94. The molecule has 6 rings (SSSR count). The molecule has 0 radical (unpaired) electrons. The Morgan fingerprint density at radius 1 is 1.07 bits per heavy atom. The summed E-state index contributed by atoms with van der Waals surface area (Å²) in [5.41, 5.74) is 1.53. The molecule has 3 aliphatic heterocycles. The molecule has 27 heavy (non-hydrogen) atoms. The van der Waals surface area contributed by atoms with Crippen molar-refractivity contribution in [1.82, 2.24) is 4.90 Å². The van der Waals surface area contributed by atoms with Gasteiger partial charge in [-0.3, -0.25) is 9.69 Å². The highest BCUT2D eigenvalue weighted by Gasteiger charge is 2.60. The van der Waals surface area contributed by atoms with Crippen molar-refractivity contribution in [3.05, 3.63) is 46.5 Å². The Labute approximate surface area is 155 Å². The molecule has 2 aromatic carbocycles. The number of carbonyl (C=O) groups excluding carboxylic acids is 1. The number of aliphatic hydroxyl groups excluding tert-OH is 1. The molecule has 3 heterocycles. The van der Waals surface area contributed by atoms with Crippen molar-refractivity contribution >= 4 is 5.78 Å². The number of ketones is 1. The fourth-order valence-electron chi connectivity index (χ4n) is 4.87. The van der Waals surface area contributed by atoms with E-state index < -0.39 is 11.6 Å². The topological polar surface area (TPSA) is 77.5 Å². The van der Waals surface area contributed by atoms with Gasteiger partial charge >= 0.3 is 0 Å². The van der Waals surface area contributed by atoms with Crippen molar-refractivity contribution in [3.63, 3.8) is 0 Å². The molecule has 0 bridgehead atoms. The lowest BCUT2D eigenvalue weighted by molar-refractivity contribution is -0.00844. The molecule has 1 unspecified atom stereocenters. The highest BCUT2D eigenvalue weighted by molar-refractivity contribution is 6.10. The molecular formula is C20H17NO6. The van der Waals surface area contributed by atoms with Gasteiger partial charge in [0.25, 0.3) is 0 Å². The highest BCUT2D eigenvalue weighted by atomic mass is 16.7. The Morgan fingerprint density at radius 2 is 1.81 bits per heavy atom. The summed E-state index contributed by atoms with van der Waals surface area (Å²) in [5.74, 6) is 2.17. The van der Waals surface area contributed by atoms with E-state index in [2.05, 4.69) is 0 Å². The van der Waals surface area contributed by atoms with Crippen LogP contribution in [0.1, 0.15) is 33.2 Å². The number of aliphatic hydroxyl groups is 1. The minimum absolute atomic E-state index is 0.0881. The minimum atomic E-state index is -1.21. The SMILES string of the molecule is CN1CCc2cc3c(cc2[C@]12C(=O)c1ccc4c(c1C2O)OCO4)OCO3. The van der Waals surface area contributed by atoms with E-state index >= 15 is 0 Å². The number of carbonyl (C=O) groups is 1. The van der Waals surface area contributed by atoms with E-state index in [0.717, 1.165) is 17.5 Å². The van der Waals surface area contributed by atoms with Gasteiger partial charge in [0.1, 0.15) is 11.6 Å². The van der Waals surface area contributed by atoms with Gasteiger partial charge in [0.15, 0.2) is 28.8 Å². The lowest BCUT2D eigenvalue weighted by atomic mass is 9.76. The first-order valence-corrected chi connectivity index (χ1v) is 8.92. The van der Waals surface area contributed by atoms with Gasteiger partial charge in [0.2, 0.25) is 13.6 Å². The zero-order valence-electron chi connectivity index (χ0n) is 14.7. The van der Waals surface area contributed by atoms with Crippen molar-refractivity contribution in [2.75, 3.05) is 27.2 Å². The summed E-state index contributed by atoms with van der Waals surface area (Å²) in [6.07, 6.45) is -0.306. The van der Waals surface area contributed by atoms with E-state index in [9.17, 15) is 9.90 Å². The fourth-order valence-corrected chi connectivity index (χ4v) is 4.87. The first kappa shape index (κ1) is 15.3. The molecule has 1 aliphatic carbocycles. The van der Waals surface area contributed by atoms with Crippen LogP contribution in [0, 0.1) is 0 Å². The van der Waals surface area contributed by atoms with Crippen LogP contribution < -0.4 is 18.9 Å². The molecule has 1 spiro atoms. The molecule has 7 nitrogen and oxygen atoms in total. The number of hydrogen-bond donors (Lipinski definition) is 1. The lowest BCUT2D eigenvalue weighted by Crippen LogP contribution is -2.54. The van der Waals surface area contributed by atoms with Gasteiger partial charge in [0.05, 0.1) is 0 Å². The summed E-state index contributed by atoms with van der Waals surface area (Å²) >= 11 is 0. The average molecular weight is 367 g/mol. The van der Waals surface area contributed by atoms with Gasteiger partial charge in [-0.25, -0.2) is 0 Å². The Balaban J connectivity index is 1.63. The predicted molar refractivity (Wildman–Crippen MR) is 92.4 cm³/mol. The molecule has 7 heteroatoms. The Kier molecular flexibility index (Phi) is 2.80. The molecule has 4 aliphatic rings. The third kappa shape index (κ3) is 1.67. The second-order valence-electron chi connectivity index (χ2n) is 7.29. The first-order chi connectivity index (χ1) is 13.1.